The van der Waals surface area contributed by atoms with E-state index in [4.69, 9.17) is 17.3 Å². The number of halogens is 1. The third-order valence-corrected chi connectivity index (χ3v) is 4.22. The second kappa shape index (κ2) is 6.44. The van der Waals surface area contributed by atoms with Crippen LogP contribution in [0.5, 0.6) is 0 Å². The van der Waals surface area contributed by atoms with Crippen molar-refractivity contribution in [2.75, 3.05) is 18.5 Å². The second-order valence-electron chi connectivity index (χ2n) is 5.37. The van der Waals surface area contributed by atoms with Gasteiger partial charge in [0.15, 0.2) is 0 Å². The SMILES string of the molecule is CN(CC1CCCCC1)c1ccc(CN)cc1Cl. The summed E-state index contributed by atoms with van der Waals surface area (Å²) in [4.78, 5) is 2.29. The van der Waals surface area contributed by atoms with Crippen LogP contribution in [0.15, 0.2) is 18.2 Å². The molecule has 100 valence electrons. The van der Waals surface area contributed by atoms with Crippen LogP contribution in [0.1, 0.15) is 37.7 Å². The number of benzene rings is 1. The minimum Gasteiger partial charge on any atom is -0.373 e. The molecule has 0 atom stereocenters. The highest BCUT2D eigenvalue weighted by molar-refractivity contribution is 6.33. The number of anilines is 1. The second-order valence-corrected chi connectivity index (χ2v) is 5.78. The van der Waals surface area contributed by atoms with Crippen molar-refractivity contribution in [2.45, 2.75) is 38.6 Å². The lowest BCUT2D eigenvalue weighted by atomic mass is 9.89. The van der Waals surface area contributed by atoms with Crippen LogP contribution in [-0.2, 0) is 6.54 Å². The Labute approximate surface area is 115 Å². The van der Waals surface area contributed by atoms with Crippen LogP contribution in [0.2, 0.25) is 5.02 Å². The summed E-state index contributed by atoms with van der Waals surface area (Å²) >= 11 is 6.32. The fraction of sp³-hybridized carbons (Fsp3) is 0.600. The van der Waals surface area contributed by atoms with E-state index in [1.165, 1.54) is 32.1 Å². The zero-order chi connectivity index (χ0) is 13.0. The predicted octanol–water partition coefficient (Wildman–Crippen LogP) is 3.82. The van der Waals surface area contributed by atoms with E-state index < -0.39 is 0 Å². The smallest absolute Gasteiger partial charge is 0.0642 e. The van der Waals surface area contributed by atoms with Crippen LogP contribution in [-0.4, -0.2) is 13.6 Å². The summed E-state index contributed by atoms with van der Waals surface area (Å²) in [5.41, 5.74) is 7.84. The molecular weight excluding hydrogens is 244 g/mol. The van der Waals surface area contributed by atoms with E-state index in [0.29, 0.717) is 6.54 Å². The molecule has 1 aromatic rings. The fourth-order valence-corrected chi connectivity index (χ4v) is 3.19. The van der Waals surface area contributed by atoms with Crippen molar-refractivity contribution in [1.29, 1.82) is 0 Å². The molecule has 2 N–H and O–H groups in total. The zero-order valence-electron chi connectivity index (χ0n) is 11.2. The van der Waals surface area contributed by atoms with Crippen molar-refractivity contribution in [3.05, 3.63) is 28.8 Å². The first-order valence-corrected chi connectivity index (χ1v) is 7.28. The van der Waals surface area contributed by atoms with E-state index in [0.717, 1.165) is 28.7 Å². The molecule has 1 aliphatic carbocycles. The van der Waals surface area contributed by atoms with Crippen molar-refractivity contribution in [3.8, 4) is 0 Å². The molecule has 0 bridgehead atoms. The lowest BCUT2D eigenvalue weighted by molar-refractivity contribution is 0.362. The van der Waals surface area contributed by atoms with E-state index in [1.54, 1.807) is 0 Å². The summed E-state index contributed by atoms with van der Waals surface area (Å²) in [5, 5.41) is 0.816. The molecule has 0 saturated heterocycles. The van der Waals surface area contributed by atoms with Gasteiger partial charge in [0.2, 0.25) is 0 Å². The summed E-state index contributed by atoms with van der Waals surface area (Å²) in [5.74, 6) is 0.828. The molecule has 0 radical (unpaired) electrons. The maximum atomic E-state index is 6.32. The Morgan fingerprint density at radius 3 is 2.61 bits per heavy atom. The minimum atomic E-state index is 0.548. The fourth-order valence-electron chi connectivity index (χ4n) is 2.84. The van der Waals surface area contributed by atoms with Crippen LogP contribution in [0.3, 0.4) is 0 Å². The van der Waals surface area contributed by atoms with Gasteiger partial charge in [0.25, 0.3) is 0 Å². The Morgan fingerprint density at radius 1 is 1.28 bits per heavy atom. The maximum absolute atomic E-state index is 6.32. The molecule has 0 aliphatic heterocycles. The number of nitrogens with two attached hydrogens (primary N) is 1. The number of nitrogens with zero attached hydrogens (tertiary/aromatic N) is 1. The monoisotopic (exact) mass is 266 g/mol. The number of hydrogen-bond donors (Lipinski definition) is 1. The Morgan fingerprint density at radius 2 is 2.00 bits per heavy atom. The van der Waals surface area contributed by atoms with Gasteiger partial charge in [0, 0.05) is 20.1 Å². The third kappa shape index (κ3) is 3.39. The average molecular weight is 267 g/mol. The zero-order valence-corrected chi connectivity index (χ0v) is 11.9. The Bertz CT molecular complexity index is 386. The quantitative estimate of drug-likeness (QED) is 0.898. The Kier molecular flexibility index (Phi) is 4.90. The summed E-state index contributed by atoms with van der Waals surface area (Å²) in [6.07, 6.45) is 6.91. The highest BCUT2D eigenvalue weighted by Gasteiger charge is 2.16. The molecule has 0 amide bonds. The van der Waals surface area contributed by atoms with Crippen LogP contribution in [0, 0.1) is 5.92 Å². The molecule has 1 aliphatic rings. The van der Waals surface area contributed by atoms with E-state index >= 15 is 0 Å². The van der Waals surface area contributed by atoms with Crippen LogP contribution < -0.4 is 10.6 Å². The third-order valence-electron chi connectivity index (χ3n) is 3.92. The molecule has 3 heteroatoms. The van der Waals surface area contributed by atoms with E-state index in [1.807, 2.05) is 6.07 Å². The van der Waals surface area contributed by atoms with E-state index in [2.05, 4.69) is 24.1 Å². The molecular formula is C15H23ClN2. The molecule has 0 spiro atoms. The van der Waals surface area contributed by atoms with Crippen molar-refractivity contribution in [2.24, 2.45) is 11.7 Å². The average Bonchev–Trinajstić information content (AvgIpc) is 2.39. The molecule has 0 heterocycles. The van der Waals surface area contributed by atoms with Crippen LogP contribution in [0.4, 0.5) is 5.69 Å². The molecule has 18 heavy (non-hydrogen) atoms. The van der Waals surface area contributed by atoms with Crippen molar-refractivity contribution >= 4 is 17.3 Å². The van der Waals surface area contributed by atoms with Crippen LogP contribution in [0.25, 0.3) is 0 Å². The first kappa shape index (κ1) is 13.7. The van der Waals surface area contributed by atoms with Crippen LogP contribution >= 0.6 is 11.6 Å². The molecule has 2 rings (SSSR count). The molecule has 2 nitrogen and oxygen atoms in total. The van der Waals surface area contributed by atoms with Gasteiger partial charge in [-0.15, -0.1) is 0 Å². The lowest BCUT2D eigenvalue weighted by Crippen LogP contribution is -2.27. The van der Waals surface area contributed by atoms with Gasteiger partial charge in [0.1, 0.15) is 0 Å². The standard InChI is InChI=1S/C15H23ClN2/c1-18(11-12-5-3-2-4-6-12)15-8-7-13(10-17)9-14(15)16/h7-9,12H,2-6,10-11,17H2,1H3. The summed E-state index contributed by atoms with van der Waals surface area (Å²) in [6.45, 7) is 1.66. The van der Waals surface area contributed by atoms with Gasteiger partial charge in [-0.1, -0.05) is 36.9 Å². The van der Waals surface area contributed by atoms with Crippen molar-refractivity contribution in [3.63, 3.8) is 0 Å². The largest absolute Gasteiger partial charge is 0.373 e. The minimum absolute atomic E-state index is 0.548. The predicted molar refractivity (Wildman–Crippen MR) is 79.2 cm³/mol. The highest BCUT2D eigenvalue weighted by atomic mass is 35.5. The number of rotatable bonds is 4. The van der Waals surface area contributed by atoms with E-state index in [9.17, 15) is 0 Å². The number of hydrogen-bond acceptors (Lipinski definition) is 2. The van der Waals surface area contributed by atoms with Gasteiger partial charge in [-0.2, -0.15) is 0 Å². The Hall–Kier alpha value is -0.730. The van der Waals surface area contributed by atoms with Gasteiger partial charge in [-0.05, 0) is 36.5 Å². The first-order chi connectivity index (χ1) is 8.70. The van der Waals surface area contributed by atoms with Crippen molar-refractivity contribution < 1.29 is 0 Å². The molecule has 1 saturated carbocycles. The van der Waals surface area contributed by atoms with Crippen molar-refractivity contribution in [1.82, 2.24) is 0 Å². The maximum Gasteiger partial charge on any atom is 0.0642 e. The molecule has 0 unspecified atom stereocenters. The van der Waals surface area contributed by atoms with Gasteiger partial charge >= 0.3 is 0 Å². The van der Waals surface area contributed by atoms with E-state index in [-0.39, 0.29) is 0 Å². The molecule has 1 aromatic carbocycles. The van der Waals surface area contributed by atoms with Gasteiger partial charge in [-0.25, -0.2) is 0 Å². The van der Waals surface area contributed by atoms with Gasteiger partial charge < -0.3 is 10.6 Å². The topological polar surface area (TPSA) is 29.3 Å². The summed E-state index contributed by atoms with van der Waals surface area (Å²) in [7, 11) is 2.14. The summed E-state index contributed by atoms with van der Waals surface area (Å²) < 4.78 is 0. The molecule has 0 aromatic heterocycles. The Balaban J connectivity index is 2.01. The molecule has 1 fully saturated rings. The van der Waals surface area contributed by atoms with Gasteiger partial charge in [-0.3, -0.25) is 0 Å². The highest BCUT2D eigenvalue weighted by Crippen LogP contribution is 2.29. The first-order valence-electron chi connectivity index (χ1n) is 6.90. The normalized spacial score (nSPS) is 16.8. The van der Waals surface area contributed by atoms with Gasteiger partial charge in [0.05, 0.1) is 10.7 Å². The summed E-state index contributed by atoms with van der Waals surface area (Å²) in [6, 6.07) is 6.14. The lowest BCUT2D eigenvalue weighted by Gasteiger charge is -2.29.